The van der Waals surface area contributed by atoms with Crippen molar-refractivity contribution in [3.8, 4) is 0 Å². The van der Waals surface area contributed by atoms with Crippen molar-refractivity contribution in [1.29, 1.82) is 0 Å². The quantitative estimate of drug-likeness (QED) is 0.721. The van der Waals surface area contributed by atoms with Gasteiger partial charge in [-0.25, -0.2) is 4.79 Å². The van der Waals surface area contributed by atoms with Gasteiger partial charge in [0.2, 0.25) is 0 Å². The number of hydrogen-bond acceptors (Lipinski definition) is 3. The molecule has 0 saturated heterocycles. The van der Waals surface area contributed by atoms with Crippen LogP contribution in [0.3, 0.4) is 0 Å². The second-order valence-electron chi connectivity index (χ2n) is 7.86. The van der Waals surface area contributed by atoms with Crippen molar-refractivity contribution in [2.24, 2.45) is 10.8 Å². The zero-order valence-corrected chi connectivity index (χ0v) is 16.1. The van der Waals surface area contributed by atoms with E-state index in [0.29, 0.717) is 17.7 Å². The van der Waals surface area contributed by atoms with E-state index in [2.05, 4.69) is 35.1 Å². The molecule has 0 atom stereocenters. The largest absolute Gasteiger partial charge is 0.444 e. The van der Waals surface area contributed by atoms with Gasteiger partial charge >= 0.3 is 6.09 Å². The molecule has 1 aliphatic carbocycles. The first kappa shape index (κ1) is 19.5. The third-order valence-electron chi connectivity index (χ3n) is 4.86. The number of amides is 1. The topological polar surface area (TPSA) is 55.4 Å². The highest BCUT2D eigenvalue weighted by Gasteiger charge is 2.43. The van der Waals surface area contributed by atoms with Gasteiger partial charge in [-0.3, -0.25) is 4.79 Å². The van der Waals surface area contributed by atoms with Crippen molar-refractivity contribution in [2.75, 3.05) is 11.9 Å². The fourth-order valence-corrected chi connectivity index (χ4v) is 3.67. The van der Waals surface area contributed by atoms with Gasteiger partial charge in [-0.2, -0.15) is 0 Å². The highest BCUT2D eigenvalue weighted by Crippen LogP contribution is 2.47. The van der Waals surface area contributed by atoms with Crippen molar-refractivity contribution in [3.05, 3.63) is 0 Å². The maximum absolute atomic E-state index is 12.2. The molecule has 0 aromatic heterocycles. The number of alkyl halides is 1. The van der Waals surface area contributed by atoms with Gasteiger partial charge in [-0.15, -0.1) is 0 Å². The lowest BCUT2D eigenvalue weighted by atomic mass is 9.62. The number of alkyl carbamates (subject to hydrolysis) is 1. The minimum atomic E-state index is -0.475. The molecule has 0 aromatic rings. The molecule has 0 spiro atoms. The number of carbonyl (C=O) groups is 2. The van der Waals surface area contributed by atoms with Crippen LogP contribution in [-0.4, -0.2) is 29.4 Å². The first-order valence-corrected chi connectivity index (χ1v) is 9.24. The normalized spacial score (nSPS) is 29.0. The Kier molecular flexibility index (Phi) is 6.48. The summed E-state index contributed by atoms with van der Waals surface area (Å²) in [7, 11) is 0. The molecule has 0 heterocycles. The van der Waals surface area contributed by atoms with Crippen LogP contribution < -0.4 is 5.32 Å². The second-order valence-corrected chi connectivity index (χ2v) is 8.42. The van der Waals surface area contributed by atoms with E-state index in [1.54, 1.807) is 0 Å². The van der Waals surface area contributed by atoms with E-state index < -0.39 is 5.60 Å². The second kappa shape index (κ2) is 7.33. The fraction of sp³-hybridized carbons (Fsp3) is 0.882. The molecule has 0 aliphatic heterocycles. The number of ether oxygens (including phenoxy) is 1. The van der Waals surface area contributed by atoms with Crippen LogP contribution >= 0.6 is 15.9 Å². The van der Waals surface area contributed by atoms with Crippen LogP contribution in [0.15, 0.2) is 0 Å². The molecule has 128 valence electrons. The number of Topliss-reactive ketones (excluding diaryl/α,β-unsaturated/α-hetero) is 1. The Bertz CT molecular complexity index is 407. The lowest BCUT2D eigenvalue weighted by Gasteiger charge is -2.43. The summed E-state index contributed by atoms with van der Waals surface area (Å²) >= 11 is 3.31. The summed E-state index contributed by atoms with van der Waals surface area (Å²) in [6.45, 7) is 10.5. The van der Waals surface area contributed by atoms with E-state index in [-0.39, 0.29) is 16.9 Å². The molecule has 0 radical (unpaired) electrons. The average molecular weight is 376 g/mol. The van der Waals surface area contributed by atoms with Crippen LogP contribution in [-0.2, 0) is 9.53 Å². The maximum atomic E-state index is 12.2. The number of rotatable bonds is 5. The number of hydrogen-bond donors (Lipinski definition) is 1. The zero-order valence-electron chi connectivity index (χ0n) is 14.6. The standard InChI is InChI=1S/C17H30BrNO3/c1-6-17(13(20)11-18)9-7-16(5,8-10-17)12-19-14(21)22-15(2,3)4/h6-12H2,1-5H3,(H,19,21)/t16-,17+. The monoisotopic (exact) mass is 375 g/mol. The molecule has 1 amide bonds. The third-order valence-corrected chi connectivity index (χ3v) is 5.37. The fourth-order valence-electron chi connectivity index (χ4n) is 3.08. The van der Waals surface area contributed by atoms with E-state index in [0.717, 1.165) is 32.1 Å². The van der Waals surface area contributed by atoms with E-state index in [4.69, 9.17) is 4.74 Å². The SMILES string of the molecule is CC[C@]1(C(=O)CBr)CC[C@@](C)(CNC(=O)OC(C)(C)C)CC1. The molecule has 0 unspecified atom stereocenters. The molecule has 0 bridgehead atoms. The Morgan fingerprint density at radius 3 is 2.14 bits per heavy atom. The molecule has 1 rings (SSSR count). The zero-order chi connectivity index (χ0) is 17.0. The molecule has 5 heteroatoms. The molecule has 0 aromatic carbocycles. The predicted molar refractivity (Wildman–Crippen MR) is 92.3 cm³/mol. The molecule has 1 N–H and O–H groups in total. The first-order chi connectivity index (χ1) is 10.1. The number of halogens is 1. The molecular formula is C17H30BrNO3. The number of carbonyl (C=O) groups excluding carboxylic acids is 2. The summed E-state index contributed by atoms with van der Waals surface area (Å²) in [6, 6.07) is 0. The van der Waals surface area contributed by atoms with Gasteiger partial charge in [0.15, 0.2) is 0 Å². The minimum Gasteiger partial charge on any atom is -0.444 e. The van der Waals surface area contributed by atoms with Gasteiger partial charge in [-0.1, -0.05) is 29.8 Å². The van der Waals surface area contributed by atoms with Gasteiger partial charge in [0.25, 0.3) is 0 Å². The van der Waals surface area contributed by atoms with Crippen LogP contribution in [0.4, 0.5) is 4.79 Å². The molecule has 1 fully saturated rings. The highest BCUT2D eigenvalue weighted by atomic mass is 79.9. The summed E-state index contributed by atoms with van der Waals surface area (Å²) in [5.74, 6) is 0.317. The van der Waals surface area contributed by atoms with E-state index in [1.807, 2.05) is 20.8 Å². The molecule has 1 saturated carbocycles. The summed E-state index contributed by atoms with van der Waals surface area (Å²) in [5.41, 5.74) is -0.603. The van der Waals surface area contributed by atoms with E-state index in [9.17, 15) is 9.59 Å². The Balaban J connectivity index is 2.54. The third kappa shape index (κ3) is 5.25. The van der Waals surface area contributed by atoms with E-state index in [1.165, 1.54) is 0 Å². The molecular weight excluding hydrogens is 346 g/mol. The summed E-state index contributed by atoms with van der Waals surface area (Å²) in [5, 5.41) is 3.32. The minimum absolute atomic E-state index is 0.0438. The van der Waals surface area contributed by atoms with E-state index >= 15 is 0 Å². The predicted octanol–water partition coefficient (Wildman–Crippen LogP) is 4.45. The summed E-state index contributed by atoms with van der Waals surface area (Å²) < 4.78 is 5.28. The summed E-state index contributed by atoms with van der Waals surface area (Å²) in [6.07, 6.45) is 4.25. The Morgan fingerprint density at radius 1 is 1.18 bits per heavy atom. The summed E-state index contributed by atoms with van der Waals surface area (Å²) in [4.78, 5) is 24.0. The van der Waals surface area contributed by atoms with Crippen LogP contribution in [0.25, 0.3) is 0 Å². The number of ketones is 1. The Morgan fingerprint density at radius 2 is 1.73 bits per heavy atom. The van der Waals surface area contributed by atoms with Crippen molar-refractivity contribution >= 4 is 27.8 Å². The average Bonchev–Trinajstić information content (AvgIpc) is 2.44. The lowest BCUT2D eigenvalue weighted by Crippen LogP contribution is -2.44. The first-order valence-electron chi connectivity index (χ1n) is 8.12. The Hall–Kier alpha value is -0.580. The molecule has 4 nitrogen and oxygen atoms in total. The van der Waals surface area contributed by atoms with Gasteiger partial charge in [0.05, 0.1) is 5.33 Å². The van der Waals surface area contributed by atoms with Gasteiger partial charge in [0, 0.05) is 12.0 Å². The van der Waals surface area contributed by atoms with Crippen molar-refractivity contribution in [1.82, 2.24) is 5.32 Å². The highest BCUT2D eigenvalue weighted by molar-refractivity contribution is 9.09. The van der Waals surface area contributed by atoms with Crippen molar-refractivity contribution < 1.29 is 14.3 Å². The molecule has 22 heavy (non-hydrogen) atoms. The number of nitrogens with one attached hydrogen (secondary N) is 1. The van der Waals surface area contributed by atoms with Crippen LogP contribution in [0.1, 0.15) is 66.7 Å². The van der Waals surface area contributed by atoms with Gasteiger partial charge in [0.1, 0.15) is 11.4 Å². The lowest BCUT2D eigenvalue weighted by molar-refractivity contribution is -0.129. The van der Waals surface area contributed by atoms with Gasteiger partial charge < -0.3 is 10.1 Å². The van der Waals surface area contributed by atoms with Gasteiger partial charge in [-0.05, 0) is 58.3 Å². The smallest absolute Gasteiger partial charge is 0.407 e. The molecule has 1 aliphatic rings. The maximum Gasteiger partial charge on any atom is 0.407 e. The van der Waals surface area contributed by atoms with Crippen molar-refractivity contribution in [2.45, 2.75) is 72.3 Å². The van der Waals surface area contributed by atoms with Crippen LogP contribution in [0.2, 0.25) is 0 Å². The van der Waals surface area contributed by atoms with Crippen LogP contribution in [0, 0.1) is 10.8 Å². The van der Waals surface area contributed by atoms with Crippen molar-refractivity contribution in [3.63, 3.8) is 0 Å². The van der Waals surface area contributed by atoms with Crippen LogP contribution in [0.5, 0.6) is 0 Å². The Labute approximate surface area is 142 Å².